The molecule has 0 amide bonds. The summed E-state index contributed by atoms with van der Waals surface area (Å²) in [6.45, 7) is 4.79. The van der Waals surface area contributed by atoms with Gasteiger partial charge in [-0.15, -0.1) is 0 Å². The summed E-state index contributed by atoms with van der Waals surface area (Å²) in [5.74, 6) is 2.52. The number of likely N-dealkylation sites (N-methyl/N-ethyl adjacent to an activating group) is 1. The molecule has 0 spiro atoms. The van der Waals surface area contributed by atoms with Crippen LogP contribution in [-0.4, -0.2) is 13.1 Å². The molecule has 1 aliphatic rings. The van der Waals surface area contributed by atoms with Gasteiger partial charge in [0.2, 0.25) is 0 Å². The minimum absolute atomic E-state index is 0.551. The number of nitrogens with one attached hydrogen (secondary N) is 1. The van der Waals surface area contributed by atoms with Crippen molar-refractivity contribution in [2.45, 2.75) is 45.6 Å². The zero-order valence-electron chi connectivity index (χ0n) is 12.3. The zero-order chi connectivity index (χ0) is 13.8. The number of benzene rings is 1. The molecule has 0 saturated heterocycles. The smallest absolute Gasteiger partial charge is 0.0438 e. The lowest BCUT2D eigenvalue weighted by Gasteiger charge is -2.37. The molecule has 1 aromatic rings. The molecular formula is C17H26ClN. The first kappa shape index (κ1) is 14.9. The van der Waals surface area contributed by atoms with Crippen LogP contribution in [0.2, 0.25) is 5.02 Å². The van der Waals surface area contributed by atoms with E-state index >= 15 is 0 Å². The summed E-state index contributed by atoms with van der Waals surface area (Å²) >= 11 is 6.29. The minimum Gasteiger partial charge on any atom is -0.316 e. The first-order valence-corrected chi connectivity index (χ1v) is 7.90. The second-order valence-corrected chi connectivity index (χ2v) is 6.63. The largest absolute Gasteiger partial charge is 0.316 e. The van der Waals surface area contributed by atoms with Crippen molar-refractivity contribution in [2.75, 3.05) is 7.05 Å². The van der Waals surface area contributed by atoms with Gasteiger partial charge >= 0.3 is 0 Å². The van der Waals surface area contributed by atoms with Crippen LogP contribution in [0.4, 0.5) is 0 Å². The van der Waals surface area contributed by atoms with Crippen molar-refractivity contribution in [3.05, 3.63) is 34.9 Å². The molecule has 0 bridgehead atoms. The Labute approximate surface area is 122 Å². The van der Waals surface area contributed by atoms with E-state index in [0.717, 1.165) is 29.2 Å². The van der Waals surface area contributed by atoms with E-state index in [1.807, 2.05) is 12.1 Å². The summed E-state index contributed by atoms with van der Waals surface area (Å²) in [6, 6.07) is 8.79. The van der Waals surface area contributed by atoms with E-state index in [9.17, 15) is 0 Å². The SMILES string of the molecule is CNC(Cc1ccccc1Cl)C1CCC(C)C(C)C1. The minimum atomic E-state index is 0.551. The van der Waals surface area contributed by atoms with Gasteiger partial charge in [0.1, 0.15) is 0 Å². The lowest BCUT2D eigenvalue weighted by molar-refractivity contribution is 0.173. The summed E-state index contributed by atoms with van der Waals surface area (Å²) in [5, 5.41) is 4.43. The molecule has 1 nitrogen and oxygen atoms in total. The zero-order valence-corrected chi connectivity index (χ0v) is 13.1. The van der Waals surface area contributed by atoms with Crippen LogP contribution >= 0.6 is 11.6 Å². The highest BCUT2D eigenvalue weighted by Crippen LogP contribution is 2.36. The summed E-state index contributed by atoms with van der Waals surface area (Å²) in [5.41, 5.74) is 1.27. The van der Waals surface area contributed by atoms with Crippen molar-refractivity contribution in [3.63, 3.8) is 0 Å². The molecular weight excluding hydrogens is 254 g/mol. The van der Waals surface area contributed by atoms with E-state index in [-0.39, 0.29) is 0 Å². The number of hydrogen-bond acceptors (Lipinski definition) is 1. The molecule has 1 aromatic carbocycles. The maximum atomic E-state index is 6.29. The van der Waals surface area contributed by atoms with E-state index in [1.54, 1.807) is 0 Å². The van der Waals surface area contributed by atoms with Crippen LogP contribution in [0.5, 0.6) is 0 Å². The Morgan fingerprint density at radius 3 is 2.58 bits per heavy atom. The second-order valence-electron chi connectivity index (χ2n) is 6.22. The van der Waals surface area contributed by atoms with Gasteiger partial charge in [-0.3, -0.25) is 0 Å². The van der Waals surface area contributed by atoms with Crippen LogP contribution in [0.1, 0.15) is 38.7 Å². The molecule has 2 rings (SSSR count). The predicted molar refractivity (Wildman–Crippen MR) is 83.7 cm³/mol. The molecule has 0 aromatic heterocycles. The van der Waals surface area contributed by atoms with E-state index in [4.69, 9.17) is 11.6 Å². The van der Waals surface area contributed by atoms with Gasteiger partial charge in [-0.2, -0.15) is 0 Å². The fourth-order valence-corrected chi connectivity index (χ4v) is 3.57. The van der Waals surface area contributed by atoms with Gasteiger partial charge in [0.05, 0.1) is 0 Å². The maximum Gasteiger partial charge on any atom is 0.0438 e. The molecule has 4 unspecified atom stereocenters. The van der Waals surface area contributed by atoms with Crippen molar-refractivity contribution < 1.29 is 0 Å². The first-order valence-electron chi connectivity index (χ1n) is 7.52. The predicted octanol–water partition coefficient (Wildman–Crippen LogP) is 4.54. The second kappa shape index (κ2) is 6.76. The third-order valence-corrected chi connectivity index (χ3v) is 5.34. The average molecular weight is 280 g/mol. The molecule has 106 valence electrons. The third-order valence-electron chi connectivity index (χ3n) is 4.98. The Hall–Kier alpha value is -0.530. The monoisotopic (exact) mass is 279 g/mol. The van der Waals surface area contributed by atoms with Crippen LogP contribution in [-0.2, 0) is 6.42 Å². The number of hydrogen-bond donors (Lipinski definition) is 1. The molecule has 1 aliphatic carbocycles. The lowest BCUT2D eigenvalue weighted by atomic mass is 9.72. The van der Waals surface area contributed by atoms with Gasteiger partial charge in [0, 0.05) is 11.1 Å². The molecule has 0 aliphatic heterocycles. The van der Waals surface area contributed by atoms with E-state index in [1.165, 1.54) is 24.8 Å². The topological polar surface area (TPSA) is 12.0 Å². The number of rotatable bonds is 4. The molecule has 19 heavy (non-hydrogen) atoms. The summed E-state index contributed by atoms with van der Waals surface area (Å²) in [7, 11) is 2.09. The maximum absolute atomic E-state index is 6.29. The fraction of sp³-hybridized carbons (Fsp3) is 0.647. The Morgan fingerprint density at radius 2 is 1.95 bits per heavy atom. The van der Waals surface area contributed by atoms with Crippen LogP contribution in [0.15, 0.2) is 24.3 Å². The molecule has 0 radical (unpaired) electrons. The molecule has 0 heterocycles. The third kappa shape index (κ3) is 3.73. The molecule has 4 atom stereocenters. The van der Waals surface area contributed by atoms with Crippen LogP contribution in [0.25, 0.3) is 0 Å². The van der Waals surface area contributed by atoms with E-state index < -0.39 is 0 Å². The quantitative estimate of drug-likeness (QED) is 0.853. The van der Waals surface area contributed by atoms with Gasteiger partial charge in [-0.25, -0.2) is 0 Å². The highest BCUT2D eigenvalue weighted by molar-refractivity contribution is 6.31. The standard InChI is InChI=1S/C17H26ClN/c1-12-8-9-15(10-13(12)2)17(19-3)11-14-6-4-5-7-16(14)18/h4-7,12-13,15,17,19H,8-11H2,1-3H3. The van der Waals surface area contributed by atoms with Crippen molar-refractivity contribution in [1.82, 2.24) is 5.32 Å². The lowest BCUT2D eigenvalue weighted by Crippen LogP contribution is -2.39. The summed E-state index contributed by atoms with van der Waals surface area (Å²) in [6.07, 6.45) is 5.10. The average Bonchev–Trinajstić information content (AvgIpc) is 2.41. The highest BCUT2D eigenvalue weighted by Gasteiger charge is 2.29. The van der Waals surface area contributed by atoms with Gasteiger partial charge < -0.3 is 5.32 Å². The molecule has 1 saturated carbocycles. The Kier molecular flexibility index (Phi) is 5.29. The van der Waals surface area contributed by atoms with Gasteiger partial charge in [-0.05, 0) is 55.7 Å². The Morgan fingerprint density at radius 1 is 1.21 bits per heavy atom. The van der Waals surface area contributed by atoms with Crippen molar-refractivity contribution in [3.8, 4) is 0 Å². The van der Waals surface area contributed by atoms with Crippen molar-refractivity contribution >= 4 is 11.6 Å². The first-order chi connectivity index (χ1) is 9.11. The summed E-state index contributed by atoms with van der Waals surface area (Å²) in [4.78, 5) is 0. The molecule has 1 N–H and O–H groups in total. The van der Waals surface area contributed by atoms with Gasteiger partial charge in [0.25, 0.3) is 0 Å². The molecule has 1 fully saturated rings. The van der Waals surface area contributed by atoms with E-state index in [2.05, 4.69) is 38.3 Å². The highest BCUT2D eigenvalue weighted by atomic mass is 35.5. The van der Waals surface area contributed by atoms with Gasteiger partial charge in [0.15, 0.2) is 0 Å². The van der Waals surface area contributed by atoms with Crippen LogP contribution < -0.4 is 5.32 Å². The normalized spacial score (nSPS) is 29.2. The Bertz CT molecular complexity index is 404. The van der Waals surface area contributed by atoms with Crippen molar-refractivity contribution in [2.24, 2.45) is 17.8 Å². The van der Waals surface area contributed by atoms with E-state index in [0.29, 0.717) is 6.04 Å². The molecule has 2 heteroatoms. The Balaban J connectivity index is 2.02. The fourth-order valence-electron chi connectivity index (χ4n) is 3.36. The number of halogens is 1. The van der Waals surface area contributed by atoms with Crippen LogP contribution in [0, 0.1) is 17.8 Å². The van der Waals surface area contributed by atoms with Crippen molar-refractivity contribution in [1.29, 1.82) is 0 Å². The van der Waals surface area contributed by atoms with Gasteiger partial charge in [-0.1, -0.05) is 50.1 Å². The van der Waals surface area contributed by atoms with Crippen LogP contribution in [0.3, 0.4) is 0 Å². The summed E-state index contributed by atoms with van der Waals surface area (Å²) < 4.78 is 0.